The number of ether oxygens (including phenoxy) is 2. The van der Waals surface area contributed by atoms with E-state index in [0.29, 0.717) is 22.7 Å². The van der Waals surface area contributed by atoms with Crippen LogP contribution in [0.25, 0.3) is 10.2 Å². The lowest BCUT2D eigenvalue weighted by Crippen LogP contribution is -2.26. The van der Waals surface area contributed by atoms with E-state index in [-0.39, 0.29) is 16.3 Å². The number of nitrogens with zero attached hydrogens (tertiary/aromatic N) is 2. The molecular formula is C24H24N2O5S2. The van der Waals surface area contributed by atoms with E-state index in [1.165, 1.54) is 18.5 Å². The number of benzene rings is 3. The number of rotatable bonds is 8. The highest BCUT2D eigenvalue weighted by Crippen LogP contribution is 2.29. The largest absolute Gasteiger partial charge is 0.493 e. The third kappa shape index (κ3) is 4.66. The Balaban J connectivity index is 1.62. The van der Waals surface area contributed by atoms with Crippen LogP contribution in [0.15, 0.2) is 76.4 Å². The standard InChI is InChI=1S/C24H24N2O5S2/c1-25(15-18-9-12-21(30-2)22(13-18)31-3)33(28,29)19-10-11-20-23(14-19)32-24(27)26(20)16-17-7-5-4-6-8-17/h4-14H,15-16H2,1-3H3. The van der Waals surface area contributed by atoms with Crippen LogP contribution >= 0.6 is 11.3 Å². The van der Waals surface area contributed by atoms with Gasteiger partial charge in [-0.3, -0.25) is 9.36 Å². The van der Waals surface area contributed by atoms with E-state index in [0.717, 1.165) is 28.0 Å². The van der Waals surface area contributed by atoms with Gasteiger partial charge < -0.3 is 9.47 Å². The summed E-state index contributed by atoms with van der Waals surface area (Å²) in [6.07, 6.45) is 0. The third-order valence-electron chi connectivity index (χ3n) is 5.38. The topological polar surface area (TPSA) is 77.8 Å². The first-order chi connectivity index (χ1) is 15.8. The molecule has 33 heavy (non-hydrogen) atoms. The van der Waals surface area contributed by atoms with E-state index in [4.69, 9.17) is 9.47 Å². The summed E-state index contributed by atoms with van der Waals surface area (Å²) in [5, 5.41) is 0. The molecule has 1 aromatic heterocycles. The second kappa shape index (κ2) is 9.38. The van der Waals surface area contributed by atoms with Crippen molar-refractivity contribution in [2.75, 3.05) is 21.3 Å². The van der Waals surface area contributed by atoms with Gasteiger partial charge in [0, 0.05) is 13.6 Å². The van der Waals surface area contributed by atoms with Crippen molar-refractivity contribution in [2.24, 2.45) is 0 Å². The molecule has 0 aliphatic carbocycles. The SMILES string of the molecule is COc1ccc(CN(C)S(=O)(=O)c2ccc3c(c2)sc(=O)n3Cc2ccccc2)cc1OC. The fraction of sp³-hybridized carbons (Fsp3) is 0.208. The number of fused-ring (bicyclic) bond motifs is 1. The number of methoxy groups -OCH3 is 2. The molecule has 0 aliphatic rings. The van der Waals surface area contributed by atoms with Crippen molar-refractivity contribution in [1.29, 1.82) is 0 Å². The molecule has 3 aromatic carbocycles. The Morgan fingerprint density at radius 1 is 0.909 bits per heavy atom. The summed E-state index contributed by atoms with van der Waals surface area (Å²) in [4.78, 5) is 12.6. The van der Waals surface area contributed by atoms with Gasteiger partial charge >= 0.3 is 4.87 Å². The molecule has 0 saturated carbocycles. The molecule has 0 unspecified atom stereocenters. The average molecular weight is 485 g/mol. The highest BCUT2D eigenvalue weighted by molar-refractivity contribution is 7.89. The van der Waals surface area contributed by atoms with Crippen LogP contribution in [0.5, 0.6) is 11.5 Å². The van der Waals surface area contributed by atoms with E-state index in [9.17, 15) is 13.2 Å². The van der Waals surface area contributed by atoms with Crippen molar-refractivity contribution >= 4 is 31.6 Å². The van der Waals surface area contributed by atoms with Crippen LogP contribution in [0.2, 0.25) is 0 Å². The van der Waals surface area contributed by atoms with Gasteiger partial charge in [0.25, 0.3) is 0 Å². The smallest absolute Gasteiger partial charge is 0.308 e. The van der Waals surface area contributed by atoms with Crippen LogP contribution in [0.3, 0.4) is 0 Å². The minimum atomic E-state index is -3.77. The Morgan fingerprint density at radius 3 is 2.33 bits per heavy atom. The van der Waals surface area contributed by atoms with Gasteiger partial charge in [-0.15, -0.1) is 0 Å². The minimum absolute atomic E-state index is 0.123. The zero-order chi connectivity index (χ0) is 23.6. The Labute approximate surface area is 196 Å². The first-order valence-corrected chi connectivity index (χ1v) is 12.4. The number of aromatic nitrogens is 1. The summed E-state index contributed by atoms with van der Waals surface area (Å²) in [5.74, 6) is 1.11. The third-order valence-corrected chi connectivity index (χ3v) is 8.13. The molecule has 0 bridgehead atoms. The van der Waals surface area contributed by atoms with Crippen LogP contribution in [0, 0.1) is 0 Å². The van der Waals surface area contributed by atoms with Crippen LogP contribution in [-0.2, 0) is 23.1 Å². The minimum Gasteiger partial charge on any atom is -0.493 e. The number of hydrogen-bond donors (Lipinski definition) is 0. The monoisotopic (exact) mass is 484 g/mol. The van der Waals surface area contributed by atoms with Gasteiger partial charge in [-0.2, -0.15) is 4.31 Å². The summed E-state index contributed by atoms with van der Waals surface area (Å²) >= 11 is 1.05. The van der Waals surface area contributed by atoms with Gasteiger partial charge in [0.15, 0.2) is 11.5 Å². The fourth-order valence-corrected chi connectivity index (χ4v) is 5.81. The molecule has 0 aliphatic heterocycles. The zero-order valence-corrected chi connectivity index (χ0v) is 20.2. The van der Waals surface area contributed by atoms with Gasteiger partial charge in [0.05, 0.1) is 35.9 Å². The summed E-state index contributed by atoms with van der Waals surface area (Å²) in [6, 6.07) is 19.8. The lowest BCUT2D eigenvalue weighted by Gasteiger charge is -2.18. The van der Waals surface area contributed by atoms with Crippen molar-refractivity contribution in [1.82, 2.24) is 8.87 Å². The summed E-state index contributed by atoms with van der Waals surface area (Å²) in [6.45, 7) is 0.594. The lowest BCUT2D eigenvalue weighted by atomic mass is 10.2. The van der Waals surface area contributed by atoms with Gasteiger partial charge in [-0.1, -0.05) is 47.7 Å². The second-order valence-electron chi connectivity index (χ2n) is 7.52. The molecule has 4 aromatic rings. The number of hydrogen-bond acceptors (Lipinski definition) is 6. The molecular weight excluding hydrogens is 460 g/mol. The van der Waals surface area contributed by atoms with Crippen LogP contribution < -0.4 is 14.3 Å². The summed E-state index contributed by atoms with van der Waals surface area (Å²) < 4.78 is 40.6. The fourth-order valence-electron chi connectivity index (χ4n) is 3.62. The summed E-state index contributed by atoms with van der Waals surface area (Å²) in [5.41, 5.74) is 2.49. The van der Waals surface area contributed by atoms with E-state index >= 15 is 0 Å². The maximum Gasteiger partial charge on any atom is 0.308 e. The molecule has 0 spiro atoms. The first kappa shape index (κ1) is 23.0. The normalized spacial score (nSPS) is 11.8. The maximum atomic E-state index is 13.2. The average Bonchev–Trinajstić information content (AvgIpc) is 3.13. The molecule has 0 saturated heterocycles. The number of thiazole rings is 1. The van der Waals surface area contributed by atoms with Crippen molar-refractivity contribution in [3.05, 3.63) is 87.5 Å². The van der Waals surface area contributed by atoms with Gasteiger partial charge in [0.2, 0.25) is 10.0 Å². The van der Waals surface area contributed by atoms with Gasteiger partial charge in [-0.05, 0) is 41.5 Å². The molecule has 0 amide bonds. The van der Waals surface area contributed by atoms with Gasteiger partial charge in [0.1, 0.15) is 0 Å². The van der Waals surface area contributed by atoms with Crippen molar-refractivity contribution in [3.63, 3.8) is 0 Å². The summed E-state index contributed by atoms with van der Waals surface area (Å²) in [7, 11) is 0.839. The zero-order valence-electron chi connectivity index (χ0n) is 18.5. The van der Waals surface area contributed by atoms with Crippen molar-refractivity contribution in [2.45, 2.75) is 18.0 Å². The van der Waals surface area contributed by atoms with Crippen LogP contribution in [-0.4, -0.2) is 38.6 Å². The van der Waals surface area contributed by atoms with Gasteiger partial charge in [-0.25, -0.2) is 8.42 Å². The molecule has 0 radical (unpaired) electrons. The van der Waals surface area contributed by atoms with E-state index < -0.39 is 10.0 Å². The Morgan fingerprint density at radius 2 is 1.64 bits per heavy atom. The molecule has 0 atom stereocenters. The van der Waals surface area contributed by atoms with E-state index in [1.54, 1.807) is 48.1 Å². The predicted molar refractivity (Wildman–Crippen MR) is 130 cm³/mol. The lowest BCUT2D eigenvalue weighted by molar-refractivity contribution is 0.354. The predicted octanol–water partition coefficient (Wildman–Crippen LogP) is 3.95. The molecule has 4 rings (SSSR count). The molecule has 9 heteroatoms. The Kier molecular flexibility index (Phi) is 6.55. The van der Waals surface area contributed by atoms with Crippen LogP contribution in [0.4, 0.5) is 0 Å². The molecule has 7 nitrogen and oxygen atoms in total. The maximum absolute atomic E-state index is 13.2. The van der Waals surface area contributed by atoms with Crippen LogP contribution in [0.1, 0.15) is 11.1 Å². The van der Waals surface area contributed by atoms with E-state index in [2.05, 4.69) is 0 Å². The molecule has 172 valence electrons. The van der Waals surface area contributed by atoms with Crippen molar-refractivity contribution < 1.29 is 17.9 Å². The quantitative estimate of drug-likeness (QED) is 0.379. The first-order valence-electron chi connectivity index (χ1n) is 10.2. The van der Waals surface area contributed by atoms with E-state index in [1.807, 2.05) is 30.3 Å². The molecule has 0 fully saturated rings. The molecule has 0 N–H and O–H groups in total. The second-order valence-corrected chi connectivity index (χ2v) is 10.6. The highest BCUT2D eigenvalue weighted by atomic mass is 32.2. The molecule has 1 heterocycles. The number of sulfonamides is 1. The highest BCUT2D eigenvalue weighted by Gasteiger charge is 2.23. The van der Waals surface area contributed by atoms with Crippen molar-refractivity contribution in [3.8, 4) is 11.5 Å². The Hall–Kier alpha value is -3.14. The Bertz CT molecular complexity index is 1440.